The van der Waals surface area contributed by atoms with E-state index < -0.39 is 12.2 Å². The molecule has 2 saturated heterocycles. The Morgan fingerprint density at radius 3 is 2.96 bits per heavy atom. The van der Waals surface area contributed by atoms with Gasteiger partial charge in [-0.05, 0) is 25.1 Å². The molecule has 8 nitrogen and oxygen atoms in total. The number of fused-ring (bicyclic) bond motifs is 1. The minimum atomic E-state index is -0.483. The van der Waals surface area contributed by atoms with Gasteiger partial charge in [0.05, 0.1) is 24.9 Å². The Morgan fingerprint density at radius 1 is 1.29 bits per heavy atom. The van der Waals surface area contributed by atoms with Crippen LogP contribution in [-0.2, 0) is 14.2 Å². The number of halogens is 1. The highest BCUT2D eigenvalue weighted by Gasteiger charge is 2.49. The van der Waals surface area contributed by atoms with Crippen molar-refractivity contribution in [2.24, 2.45) is 0 Å². The standard InChI is InChI=1S/C19H21FN4O4/c1-2-21-19(25)28-15-10-27-16-14(9-26-17(15)16)24-18-22-7-6-13(23-18)11-4-3-5-12(20)8-11/h3-8,14-17H,2,9-10H2,1H3,(H,21,25)(H,22,23,24). The van der Waals surface area contributed by atoms with E-state index >= 15 is 0 Å². The van der Waals surface area contributed by atoms with Crippen molar-refractivity contribution in [3.8, 4) is 11.3 Å². The molecule has 9 heteroatoms. The van der Waals surface area contributed by atoms with Gasteiger partial charge in [0.2, 0.25) is 5.95 Å². The van der Waals surface area contributed by atoms with E-state index in [4.69, 9.17) is 14.2 Å². The van der Waals surface area contributed by atoms with Gasteiger partial charge in [-0.1, -0.05) is 12.1 Å². The van der Waals surface area contributed by atoms with E-state index in [0.717, 1.165) is 0 Å². The second-order valence-electron chi connectivity index (χ2n) is 6.60. The molecule has 3 heterocycles. The molecule has 1 aromatic carbocycles. The first-order valence-corrected chi connectivity index (χ1v) is 9.17. The predicted octanol–water partition coefficient (Wildman–Crippen LogP) is 1.98. The molecule has 0 saturated carbocycles. The minimum Gasteiger partial charge on any atom is -0.441 e. The number of carbonyl (C=O) groups excluding carboxylic acids is 1. The quantitative estimate of drug-likeness (QED) is 0.809. The molecule has 0 bridgehead atoms. The van der Waals surface area contributed by atoms with Crippen molar-refractivity contribution in [3.05, 3.63) is 42.3 Å². The number of rotatable bonds is 5. The summed E-state index contributed by atoms with van der Waals surface area (Å²) < 4.78 is 30.4. The molecule has 0 aliphatic carbocycles. The van der Waals surface area contributed by atoms with Crippen LogP contribution in [0.5, 0.6) is 0 Å². The van der Waals surface area contributed by atoms with E-state index in [9.17, 15) is 9.18 Å². The molecular weight excluding hydrogens is 367 g/mol. The van der Waals surface area contributed by atoms with Crippen LogP contribution in [0.3, 0.4) is 0 Å². The van der Waals surface area contributed by atoms with E-state index in [-0.39, 0.29) is 30.7 Å². The number of carbonyl (C=O) groups is 1. The van der Waals surface area contributed by atoms with E-state index in [2.05, 4.69) is 20.6 Å². The van der Waals surface area contributed by atoms with Crippen LogP contribution in [0.25, 0.3) is 11.3 Å². The third-order valence-corrected chi connectivity index (χ3v) is 4.68. The molecule has 4 unspecified atom stereocenters. The van der Waals surface area contributed by atoms with Gasteiger partial charge in [-0.25, -0.2) is 19.2 Å². The second-order valence-corrected chi connectivity index (χ2v) is 6.60. The Balaban J connectivity index is 1.42. The minimum absolute atomic E-state index is 0.185. The topological polar surface area (TPSA) is 94.6 Å². The molecule has 2 aliphatic rings. The first kappa shape index (κ1) is 18.6. The van der Waals surface area contributed by atoms with Crippen LogP contribution in [-0.4, -0.2) is 60.2 Å². The molecule has 4 atom stereocenters. The van der Waals surface area contributed by atoms with Crippen LogP contribution in [0.4, 0.5) is 15.1 Å². The molecule has 28 heavy (non-hydrogen) atoms. The summed E-state index contributed by atoms with van der Waals surface area (Å²) >= 11 is 0. The van der Waals surface area contributed by atoms with Gasteiger partial charge in [0.25, 0.3) is 0 Å². The maximum Gasteiger partial charge on any atom is 0.407 e. The number of alkyl carbamates (subject to hydrolysis) is 1. The number of anilines is 1. The molecule has 0 radical (unpaired) electrons. The molecule has 2 fully saturated rings. The summed E-state index contributed by atoms with van der Waals surface area (Å²) in [4.78, 5) is 20.3. The molecule has 1 amide bonds. The van der Waals surface area contributed by atoms with E-state index in [1.54, 1.807) is 24.4 Å². The lowest BCUT2D eigenvalue weighted by Gasteiger charge is -2.18. The Bertz CT molecular complexity index is 852. The third kappa shape index (κ3) is 3.90. The van der Waals surface area contributed by atoms with Gasteiger partial charge < -0.3 is 24.8 Å². The van der Waals surface area contributed by atoms with Crippen molar-refractivity contribution in [2.75, 3.05) is 25.1 Å². The zero-order valence-electron chi connectivity index (χ0n) is 15.3. The van der Waals surface area contributed by atoms with Crippen LogP contribution in [0.2, 0.25) is 0 Å². The zero-order valence-corrected chi connectivity index (χ0v) is 15.3. The van der Waals surface area contributed by atoms with Gasteiger partial charge in [0.1, 0.15) is 18.0 Å². The average Bonchev–Trinajstić information content (AvgIpc) is 3.26. The lowest BCUT2D eigenvalue weighted by molar-refractivity contribution is 0.00462. The predicted molar refractivity (Wildman–Crippen MR) is 98.3 cm³/mol. The number of nitrogens with zero attached hydrogens (tertiary/aromatic N) is 2. The Hall–Kier alpha value is -2.78. The van der Waals surface area contributed by atoms with Crippen molar-refractivity contribution in [2.45, 2.75) is 31.3 Å². The maximum absolute atomic E-state index is 13.5. The molecule has 2 aliphatic heterocycles. The molecular formula is C19H21FN4O4. The van der Waals surface area contributed by atoms with Crippen LogP contribution < -0.4 is 10.6 Å². The van der Waals surface area contributed by atoms with Crippen LogP contribution in [0.15, 0.2) is 36.5 Å². The van der Waals surface area contributed by atoms with Crippen molar-refractivity contribution < 1.29 is 23.4 Å². The Kier molecular flexibility index (Phi) is 5.36. The maximum atomic E-state index is 13.5. The Morgan fingerprint density at radius 2 is 2.14 bits per heavy atom. The molecule has 0 spiro atoms. The zero-order chi connectivity index (χ0) is 19.5. The summed E-state index contributed by atoms with van der Waals surface area (Å²) in [5, 5.41) is 5.81. The van der Waals surface area contributed by atoms with Gasteiger partial charge in [-0.2, -0.15) is 0 Å². The molecule has 2 aromatic rings. The number of nitrogens with one attached hydrogen (secondary N) is 2. The number of benzene rings is 1. The summed E-state index contributed by atoms with van der Waals surface area (Å²) in [6, 6.07) is 7.76. The van der Waals surface area contributed by atoms with E-state index in [0.29, 0.717) is 30.4 Å². The van der Waals surface area contributed by atoms with Crippen molar-refractivity contribution in [1.82, 2.24) is 15.3 Å². The summed E-state index contributed by atoms with van der Waals surface area (Å²) in [5.41, 5.74) is 1.27. The van der Waals surface area contributed by atoms with Crippen LogP contribution in [0.1, 0.15) is 6.92 Å². The normalized spacial score (nSPS) is 25.9. The number of ether oxygens (including phenoxy) is 3. The molecule has 148 valence electrons. The lowest BCUT2D eigenvalue weighted by Crippen LogP contribution is -2.39. The van der Waals surface area contributed by atoms with Crippen molar-refractivity contribution in [3.63, 3.8) is 0 Å². The summed E-state index contributed by atoms with van der Waals surface area (Å²) in [6.07, 6.45) is 0.0532. The fourth-order valence-electron chi connectivity index (χ4n) is 3.42. The van der Waals surface area contributed by atoms with Gasteiger partial charge in [0, 0.05) is 18.3 Å². The molecule has 4 rings (SSSR count). The first-order valence-electron chi connectivity index (χ1n) is 9.17. The van der Waals surface area contributed by atoms with Gasteiger partial charge >= 0.3 is 6.09 Å². The second kappa shape index (κ2) is 8.07. The number of aromatic nitrogens is 2. The van der Waals surface area contributed by atoms with E-state index in [1.165, 1.54) is 12.1 Å². The highest BCUT2D eigenvalue weighted by Crippen LogP contribution is 2.30. The number of hydrogen-bond acceptors (Lipinski definition) is 7. The summed E-state index contributed by atoms with van der Waals surface area (Å²) in [7, 11) is 0. The SMILES string of the molecule is CCNC(=O)OC1COC2C(Nc3nccc(-c4cccc(F)c4)n3)COC12. The van der Waals surface area contributed by atoms with Crippen LogP contribution in [0, 0.1) is 5.82 Å². The van der Waals surface area contributed by atoms with Crippen molar-refractivity contribution >= 4 is 12.0 Å². The summed E-state index contributed by atoms with van der Waals surface area (Å²) in [6.45, 7) is 2.96. The van der Waals surface area contributed by atoms with Gasteiger partial charge in [-0.15, -0.1) is 0 Å². The monoisotopic (exact) mass is 388 g/mol. The molecule has 1 aromatic heterocycles. The van der Waals surface area contributed by atoms with Crippen LogP contribution >= 0.6 is 0 Å². The Labute approximate surface area is 161 Å². The van der Waals surface area contributed by atoms with Crippen molar-refractivity contribution in [1.29, 1.82) is 0 Å². The highest BCUT2D eigenvalue weighted by atomic mass is 19.1. The lowest BCUT2D eigenvalue weighted by atomic mass is 10.1. The summed E-state index contributed by atoms with van der Waals surface area (Å²) in [5.74, 6) is 0.0721. The third-order valence-electron chi connectivity index (χ3n) is 4.68. The number of amides is 1. The van der Waals surface area contributed by atoms with Gasteiger partial charge in [0.15, 0.2) is 6.10 Å². The number of hydrogen-bond donors (Lipinski definition) is 2. The average molecular weight is 388 g/mol. The highest BCUT2D eigenvalue weighted by molar-refractivity contribution is 5.67. The smallest absolute Gasteiger partial charge is 0.407 e. The van der Waals surface area contributed by atoms with Gasteiger partial charge in [-0.3, -0.25) is 0 Å². The van der Waals surface area contributed by atoms with E-state index in [1.807, 2.05) is 6.92 Å². The fourth-order valence-corrected chi connectivity index (χ4v) is 3.42. The largest absolute Gasteiger partial charge is 0.441 e. The first-order chi connectivity index (χ1) is 13.6. The fraction of sp³-hybridized carbons (Fsp3) is 0.421. The molecule has 2 N–H and O–H groups in total.